The standard InChI is InChI=1S/C23H29BrN2O6/c1-4-31-22(30)16-17-21(29)26(8-5-9-27)19(23(17)11-14(24)18(16)32-23)20(28)25-15-10-12(2)6-7-13(15)3/h6-7,10,14,16-19,27H,4-5,8-9,11H2,1-3H3,(H,25,28)/t14?,16-,17-,18-,19?,23?/m0/s1. The topological polar surface area (TPSA) is 105 Å². The Morgan fingerprint density at radius 1 is 1.38 bits per heavy atom. The summed E-state index contributed by atoms with van der Waals surface area (Å²) in [5.74, 6) is -2.67. The number of nitrogens with one attached hydrogen (secondary N) is 1. The van der Waals surface area contributed by atoms with Crippen LogP contribution in [0.15, 0.2) is 18.2 Å². The summed E-state index contributed by atoms with van der Waals surface area (Å²) in [6.07, 6.45) is 0.233. The Morgan fingerprint density at radius 3 is 2.81 bits per heavy atom. The number of hydrogen-bond acceptors (Lipinski definition) is 6. The van der Waals surface area contributed by atoms with Gasteiger partial charge in [-0.15, -0.1) is 0 Å². The monoisotopic (exact) mass is 508 g/mol. The number of rotatable bonds is 7. The van der Waals surface area contributed by atoms with Crippen LogP contribution in [0.3, 0.4) is 0 Å². The van der Waals surface area contributed by atoms with Crippen molar-refractivity contribution in [2.45, 2.75) is 56.2 Å². The van der Waals surface area contributed by atoms with Gasteiger partial charge in [-0.25, -0.2) is 0 Å². The number of carbonyl (C=O) groups excluding carboxylic acids is 3. The number of esters is 1. The summed E-state index contributed by atoms with van der Waals surface area (Å²) in [5, 5.41) is 12.4. The third-order valence-electron chi connectivity index (χ3n) is 6.80. The van der Waals surface area contributed by atoms with E-state index in [1.165, 1.54) is 4.90 Å². The quantitative estimate of drug-likeness (QED) is 0.430. The van der Waals surface area contributed by atoms with Gasteiger partial charge >= 0.3 is 5.97 Å². The first-order chi connectivity index (χ1) is 15.2. The number of benzene rings is 1. The van der Waals surface area contributed by atoms with E-state index in [0.717, 1.165) is 11.1 Å². The molecule has 3 fully saturated rings. The van der Waals surface area contributed by atoms with Crippen molar-refractivity contribution in [1.29, 1.82) is 0 Å². The first kappa shape index (κ1) is 23.2. The van der Waals surface area contributed by atoms with Gasteiger partial charge in [0.15, 0.2) is 0 Å². The minimum atomic E-state index is -1.12. The Morgan fingerprint density at radius 2 is 2.12 bits per heavy atom. The van der Waals surface area contributed by atoms with Crippen LogP contribution >= 0.6 is 15.9 Å². The lowest BCUT2D eigenvalue weighted by atomic mass is 9.70. The van der Waals surface area contributed by atoms with Crippen LogP contribution in [-0.4, -0.2) is 70.1 Å². The van der Waals surface area contributed by atoms with E-state index < -0.39 is 35.6 Å². The number of amides is 2. The lowest BCUT2D eigenvalue weighted by Gasteiger charge is -2.34. The number of ether oxygens (including phenoxy) is 2. The zero-order chi connectivity index (χ0) is 23.2. The minimum absolute atomic E-state index is 0.112. The van der Waals surface area contributed by atoms with Crippen LogP contribution in [0.1, 0.15) is 30.9 Å². The van der Waals surface area contributed by atoms with E-state index in [1.54, 1.807) is 6.92 Å². The van der Waals surface area contributed by atoms with Gasteiger partial charge in [-0.05, 0) is 50.8 Å². The molecule has 32 heavy (non-hydrogen) atoms. The molecule has 9 heteroatoms. The third-order valence-corrected chi connectivity index (χ3v) is 7.65. The van der Waals surface area contributed by atoms with Gasteiger partial charge in [-0.3, -0.25) is 14.4 Å². The van der Waals surface area contributed by atoms with Crippen molar-refractivity contribution in [1.82, 2.24) is 4.90 Å². The number of likely N-dealkylation sites (tertiary alicyclic amines) is 1. The van der Waals surface area contributed by atoms with Gasteiger partial charge in [-0.2, -0.15) is 0 Å². The van der Waals surface area contributed by atoms with E-state index in [0.29, 0.717) is 18.5 Å². The molecule has 2 amide bonds. The molecule has 6 atom stereocenters. The van der Waals surface area contributed by atoms with Gasteiger partial charge in [0.25, 0.3) is 0 Å². The summed E-state index contributed by atoms with van der Waals surface area (Å²) >= 11 is 3.61. The maximum atomic E-state index is 13.7. The lowest BCUT2D eigenvalue weighted by Crippen LogP contribution is -2.54. The zero-order valence-electron chi connectivity index (χ0n) is 18.5. The van der Waals surface area contributed by atoms with Crippen LogP contribution < -0.4 is 5.32 Å². The second-order valence-electron chi connectivity index (χ2n) is 8.83. The molecule has 0 aliphatic carbocycles. The molecule has 4 rings (SSSR count). The minimum Gasteiger partial charge on any atom is -0.466 e. The van der Waals surface area contributed by atoms with Crippen molar-refractivity contribution in [3.8, 4) is 0 Å². The van der Waals surface area contributed by atoms with Crippen LogP contribution in [0.4, 0.5) is 5.69 Å². The number of carbonyl (C=O) groups is 3. The SMILES string of the molecule is CCOC(=O)[C@H]1[C@H]2C(=O)N(CCCO)C(C(=O)Nc3cc(C)ccc3C)C23CC(Br)[C@@H]1O3. The van der Waals surface area contributed by atoms with Crippen LogP contribution in [-0.2, 0) is 23.9 Å². The first-order valence-corrected chi connectivity index (χ1v) is 11.9. The van der Waals surface area contributed by atoms with Crippen LogP contribution in [0, 0.1) is 25.7 Å². The average molecular weight is 509 g/mol. The Hall–Kier alpha value is -1.97. The van der Waals surface area contributed by atoms with E-state index >= 15 is 0 Å². The number of alkyl halides is 1. The lowest BCUT2D eigenvalue weighted by molar-refractivity contribution is -0.154. The summed E-state index contributed by atoms with van der Waals surface area (Å²) in [5.41, 5.74) is 1.46. The molecule has 1 aromatic rings. The van der Waals surface area contributed by atoms with Crippen molar-refractivity contribution in [3.63, 3.8) is 0 Å². The van der Waals surface area contributed by atoms with Crippen molar-refractivity contribution >= 4 is 39.4 Å². The van der Waals surface area contributed by atoms with E-state index in [1.807, 2.05) is 32.0 Å². The number of anilines is 1. The molecule has 1 spiro atoms. The summed E-state index contributed by atoms with van der Waals surface area (Å²) in [6, 6.07) is 4.88. The Bertz CT molecular complexity index is 939. The highest BCUT2D eigenvalue weighted by molar-refractivity contribution is 9.09. The number of aryl methyl sites for hydroxylation is 2. The fourth-order valence-corrected chi connectivity index (χ4v) is 6.43. The van der Waals surface area contributed by atoms with E-state index in [2.05, 4.69) is 21.2 Å². The predicted octanol–water partition coefficient (Wildman–Crippen LogP) is 1.94. The summed E-state index contributed by atoms with van der Waals surface area (Å²) in [4.78, 5) is 41.3. The van der Waals surface area contributed by atoms with Crippen molar-refractivity contribution in [2.24, 2.45) is 11.8 Å². The Labute approximate surface area is 195 Å². The molecule has 3 heterocycles. The highest BCUT2D eigenvalue weighted by Crippen LogP contribution is 2.60. The fraction of sp³-hybridized carbons (Fsp3) is 0.609. The number of fused-ring (bicyclic) bond motifs is 1. The molecule has 3 saturated heterocycles. The molecule has 174 valence electrons. The second-order valence-corrected chi connectivity index (χ2v) is 10.0. The fourth-order valence-electron chi connectivity index (χ4n) is 5.49. The van der Waals surface area contributed by atoms with Gasteiger partial charge in [0, 0.05) is 23.7 Å². The average Bonchev–Trinajstić information content (AvgIpc) is 3.32. The normalized spacial score (nSPS) is 32.8. The largest absolute Gasteiger partial charge is 0.466 e. The molecule has 8 nitrogen and oxygen atoms in total. The summed E-state index contributed by atoms with van der Waals surface area (Å²) in [7, 11) is 0. The maximum Gasteiger partial charge on any atom is 0.312 e. The van der Waals surface area contributed by atoms with Crippen LogP contribution in [0.2, 0.25) is 0 Å². The molecule has 2 N–H and O–H groups in total. The first-order valence-electron chi connectivity index (χ1n) is 11.0. The zero-order valence-corrected chi connectivity index (χ0v) is 20.1. The molecular formula is C23H29BrN2O6. The van der Waals surface area contributed by atoms with Gasteiger partial charge < -0.3 is 24.8 Å². The van der Waals surface area contributed by atoms with Crippen molar-refractivity contribution in [3.05, 3.63) is 29.3 Å². The van der Waals surface area contributed by atoms with Gasteiger partial charge in [0.2, 0.25) is 11.8 Å². The number of nitrogens with zero attached hydrogens (tertiary/aromatic N) is 1. The molecule has 0 saturated carbocycles. The number of aliphatic hydroxyl groups excluding tert-OH is 1. The summed E-state index contributed by atoms with van der Waals surface area (Å²) < 4.78 is 11.6. The van der Waals surface area contributed by atoms with Crippen LogP contribution in [0.25, 0.3) is 0 Å². The smallest absolute Gasteiger partial charge is 0.312 e. The van der Waals surface area contributed by atoms with E-state index in [4.69, 9.17) is 9.47 Å². The molecule has 2 bridgehead atoms. The third kappa shape index (κ3) is 3.54. The van der Waals surface area contributed by atoms with Crippen LogP contribution in [0.5, 0.6) is 0 Å². The summed E-state index contributed by atoms with van der Waals surface area (Å²) in [6.45, 7) is 5.86. The van der Waals surface area contributed by atoms with E-state index in [-0.39, 0.29) is 36.4 Å². The van der Waals surface area contributed by atoms with E-state index in [9.17, 15) is 19.5 Å². The molecule has 3 unspecified atom stereocenters. The molecule has 0 radical (unpaired) electrons. The van der Waals surface area contributed by atoms with Gasteiger partial charge in [0.1, 0.15) is 11.6 Å². The Kier molecular flexibility index (Phi) is 6.35. The molecular weight excluding hydrogens is 480 g/mol. The number of halogens is 1. The number of hydrogen-bond donors (Lipinski definition) is 2. The molecule has 1 aromatic carbocycles. The maximum absolute atomic E-state index is 13.7. The highest BCUT2D eigenvalue weighted by Gasteiger charge is 2.76. The van der Waals surface area contributed by atoms with Crippen molar-refractivity contribution < 1.29 is 29.0 Å². The molecule has 3 aliphatic rings. The number of aliphatic hydroxyl groups is 1. The predicted molar refractivity (Wildman–Crippen MR) is 120 cm³/mol. The second kappa shape index (κ2) is 8.76. The molecule has 0 aromatic heterocycles. The Balaban J connectivity index is 1.72. The highest BCUT2D eigenvalue weighted by atomic mass is 79.9. The van der Waals surface area contributed by atoms with Gasteiger partial charge in [0.05, 0.1) is 24.5 Å². The van der Waals surface area contributed by atoms with Crippen molar-refractivity contribution in [2.75, 3.05) is 25.1 Å². The molecule has 3 aliphatic heterocycles. The van der Waals surface area contributed by atoms with Gasteiger partial charge in [-0.1, -0.05) is 28.1 Å².